The van der Waals surface area contributed by atoms with Gasteiger partial charge in [-0.15, -0.1) is 0 Å². The standard InChI is InChI=1S/C18H16Cl4N2O4S/c19-11-3-4-16(17(7-11)29(26,27)24-5-1-2-6-24)28-10-18(25)23-15-9-13(21)12(20)8-14(15)22/h3-4,7-9H,1-2,5-6,10H2,(H,23,25). The molecule has 1 fully saturated rings. The third kappa shape index (κ3) is 5.29. The molecule has 0 bridgehead atoms. The van der Waals surface area contributed by atoms with Crippen LogP contribution in [0.1, 0.15) is 12.8 Å². The first-order valence-electron chi connectivity index (χ1n) is 8.55. The van der Waals surface area contributed by atoms with E-state index >= 15 is 0 Å². The Bertz CT molecular complexity index is 1040. The number of anilines is 1. The van der Waals surface area contributed by atoms with Gasteiger partial charge in [-0.2, -0.15) is 4.31 Å². The first-order chi connectivity index (χ1) is 13.7. The molecule has 0 spiro atoms. The molecule has 2 aromatic carbocycles. The second-order valence-corrected chi connectivity index (χ2v) is 9.85. The molecule has 1 aliphatic heterocycles. The molecule has 0 unspecified atom stereocenters. The molecule has 29 heavy (non-hydrogen) atoms. The number of benzene rings is 2. The molecule has 1 aliphatic rings. The van der Waals surface area contributed by atoms with Crippen molar-refractivity contribution in [1.82, 2.24) is 4.31 Å². The maximum absolute atomic E-state index is 12.9. The Hall–Kier alpha value is -1.22. The van der Waals surface area contributed by atoms with Crippen molar-refractivity contribution in [3.63, 3.8) is 0 Å². The van der Waals surface area contributed by atoms with Crippen molar-refractivity contribution in [2.45, 2.75) is 17.7 Å². The Morgan fingerprint density at radius 2 is 1.66 bits per heavy atom. The molecule has 0 aromatic heterocycles. The number of halogens is 4. The van der Waals surface area contributed by atoms with Crippen molar-refractivity contribution in [3.05, 3.63) is 50.4 Å². The van der Waals surface area contributed by atoms with Gasteiger partial charge in [0.15, 0.2) is 6.61 Å². The number of carbonyl (C=O) groups is 1. The summed E-state index contributed by atoms with van der Waals surface area (Å²) in [5.41, 5.74) is 0.260. The zero-order chi connectivity index (χ0) is 21.2. The molecular formula is C18H16Cl4N2O4S. The molecule has 0 saturated carbocycles. The van der Waals surface area contributed by atoms with Crippen LogP contribution >= 0.6 is 46.4 Å². The van der Waals surface area contributed by atoms with E-state index in [1.54, 1.807) is 0 Å². The van der Waals surface area contributed by atoms with Gasteiger partial charge in [-0.05, 0) is 43.2 Å². The summed E-state index contributed by atoms with van der Waals surface area (Å²) in [6.45, 7) is 0.427. The molecule has 0 aliphatic carbocycles. The number of carbonyl (C=O) groups excluding carboxylic acids is 1. The quantitative estimate of drug-likeness (QED) is 0.563. The average Bonchev–Trinajstić information content (AvgIpc) is 3.20. The van der Waals surface area contributed by atoms with E-state index in [-0.39, 0.29) is 36.4 Å². The van der Waals surface area contributed by atoms with Crippen LogP contribution < -0.4 is 10.1 Å². The zero-order valence-corrected chi connectivity index (χ0v) is 18.8. The molecule has 2 aromatic rings. The summed E-state index contributed by atoms with van der Waals surface area (Å²) in [4.78, 5) is 12.2. The summed E-state index contributed by atoms with van der Waals surface area (Å²) in [6.07, 6.45) is 1.59. The fraction of sp³-hybridized carbons (Fsp3) is 0.278. The van der Waals surface area contributed by atoms with Crippen molar-refractivity contribution in [1.29, 1.82) is 0 Å². The highest BCUT2D eigenvalue weighted by Gasteiger charge is 2.30. The Morgan fingerprint density at radius 1 is 1.00 bits per heavy atom. The number of rotatable bonds is 6. The number of hydrogen-bond donors (Lipinski definition) is 1. The summed E-state index contributed by atoms with van der Waals surface area (Å²) in [6, 6.07) is 7.05. The van der Waals surface area contributed by atoms with E-state index in [9.17, 15) is 13.2 Å². The molecule has 11 heteroatoms. The van der Waals surface area contributed by atoms with Crippen LogP contribution in [0.3, 0.4) is 0 Å². The molecule has 1 amide bonds. The van der Waals surface area contributed by atoms with Crippen LogP contribution in [0.25, 0.3) is 0 Å². The van der Waals surface area contributed by atoms with E-state index in [0.29, 0.717) is 13.1 Å². The molecular weight excluding hydrogens is 482 g/mol. The van der Waals surface area contributed by atoms with Gasteiger partial charge in [0.1, 0.15) is 10.6 Å². The number of hydrogen-bond acceptors (Lipinski definition) is 4. The van der Waals surface area contributed by atoms with E-state index in [1.165, 1.54) is 34.6 Å². The lowest BCUT2D eigenvalue weighted by molar-refractivity contribution is -0.118. The normalized spacial score (nSPS) is 14.8. The van der Waals surface area contributed by atoms with Crippen molar-refractivity contribution < 1.29 is 17.9 Å². The Morgan fingerprint density at radius 3 is 2.34 bits per heavy atom. The highest BCUT2D eigenvalue weighted by molar-refractivity contribution is 7.89. The number of nitrogens with zero attached hydrogens (tertiary/aromatic N) is 1. The minimum Gasteiger partial charge on any atom is -0.482 e. The number of sulfonamides is 1. The molecule has 0 radical (unpaired) electrons. The maximum Gasteiger partial charge on any atom is 0.262 e. The summed E-state index contributed by atoms with van der Waals surface area (Å²) in [5, 5.41) is 3.48. The average molecular weight is 498 g/mol. The molecule has 0 atom stereocenters. The van der Waals surface area contributed by atoms with Gasteiger partial charge in [-0.1, -0.05) is 46.4 Å². The third-order valence-electron chi connectivity index (χ3n) is 4.23. The summed E-state index contributed by atoms with van der Waals surface area (Å²) in [7, 11) is -3.78. The Balaban J connectivity index is 1.76. The van der Waals surface area contributed by atoms with Gasteiger partial charge < -0.3 is 10.1 Å². The van der Waals surface area contributed by atoms with Crippen LogP contribution in [-0.4, -0.2) is 38.3 Å². The van der Waals surface area contributed by atoms with Crippen LogP contribution in [-0.2, 0) is 14.8 Å². The largest absolute Gasteiger partial charge is 0.482 e. The zero-order valence-electron chi connectivity index (χ0n) is 14.9. The van der Waals surface area contributed by atoms with E-state index in [4.69, 9.17) is 51.1 Å². The van der Waals surface area contributed by atoms with Crippen LogP contribution in [0.5, 0.6) is 5.75 Å². The van der Waals surface area contributed by atoms with Gasteiger partial charge in [0.25, 0.3) is 5.91 Å². The van der Waals surface area contributed by atoms with Crippen molar-refractivity contribution >= 4 is 68.0 Å². The second kappa shape index (κ2) is 9.29. The van der Waals surface area contributed by atoms with E-state index < -0.39 is 22.5 Å². The van der Waals surface area contributed by atoms with Gasteiger partial charge in [-0.25, -0.2) is 8.42 Å². The maximum atomic E-state index is 12.9. The minimum absolute atomic E-state index is 0.0386. The smallest absolute Gasteiger partial charge is 0.262 e. The van der Waals surface area contributed by atoms with Crippen molar-refractivity contribution in [2.75, 3.05) is 25.0 Å². The van der Waals surface area contributed by atoms with Crippen LogP contribution in [0, 0.1) is 0 Å². The molecule has 1 saturated heterocycles. The third-order valence-corrected chi connectivity index (χ3v) is 7.42. The minimum atomic E-state index is -3.78. The van der Waals surface area contributed by atoms with Crippen molar-refractivity contribution in [2.24, 2.45) is 0 Å². The van der Waals surface area contributed by atoms with E-state index in [1.807, 2.05) is 0 Å². The fourth-order valence-electron chi connectivity index (χ4n) is 2.82. The first kappa shape index (κ1) is 22.5. The predicted octanol–water partition coefficient (Wildman–Crippen LogP) is 5.10. The molecule has 156 valence electrons. The number of amides is 1. The van der Waals surface area contributed by atoms with Crippen LogP contribution in [0.15, 0.2) is 35.2 Å². The first-order valence-corrected chi connectivity index (χ1v) is 11.5. The lowest BCUT2D eigenvalue weighted by Crippen LogP contribution is -2.28. The van der Waals surface area contributed by atoms with Gasteiger partial charge in [-0.3, -0.25) is 4.79 Å². The topological polar surface area (TPSA) is 75.7 Å². The van der Waals surface area contributed by atoms with E-state index in [2.05, 4.69) is 5.32 Å². The van der Waals surface area contributed by atoms with Gasteiger partial charge in [0, 0.05) is 18.1 Å². The fourth-order valence-corrected chi connectivity index (χ4v) is 5.32. The van der Waals surface area contributed by atoms with Crippen LogP contribution in [0.2, 0.25) is 20.1 Å². The second-order valence-electron chi connectivity index (χ2n) is 6.29. The van der Waals surface area contributed by atoms with Gasteiger partial charge >= 0.3 is 0 Å². The highest BCUT2D eigenvalue weighted by Crippen LogP contribution is 2.33. The molecule has 1 N–H and O–H groups in total. The van der Waals surface area contributed by atoms with E-state index in [0.717, 1.165) is 12.8 Å². The SMILES string of the molecule is O=C(COc1ccc(Cl)cc1S(=O)(=O)N1CCCC1)Nc1cc(Cl)c(Cl)cc1Cl. The Kier molecular flexibility index (Phi) is 7.19. The monoisotopic (exact) mass is 496 g/mol. The number of ether oxygens (including phenoxy) is 1. The summed E-state index contributed by atoms with van der Waals surface area (Å²) in [5.74, 6) is -0.513. The Labute approximate surface area is 188 Å². The molecule has 6 nitrogen and oxygen atoms in total. The highest BCUT2D eigenvalue weighted by atomic mass is 35.5. The molecule has 3 rings (SSSR count). The summed E-state index contributed by atoms with van der Waals surface area (Å²) >= 11 is 23.8. The predicted molar refractivity (Wildman–Crippen MR) is 115 cm³/mol. The number of nitrogens with one attached hydrogen (secondary N) is 1. The summed E-state index contributed by atoms with van der Waals surface area (Å²) < 4.78 is 32.7. The molecule has 1 heterocycles. The van der Waals surface area contributed by atoms with Gasteiger partial charge in [0.05, 0.1) is 20.8 Å². The van der Waals surface area contributed by atoms with Crippen LogP contribution in [0.4, 0.5) is 5.69 Å². The van der Waals surface area contributed by atoms with Crippen molar-refractivity contribution in [3.8, 4) is 5.75 Å². The lowest BCUT2D eigenvalue weighted by atomic mass is 10.3. The lowest BCUT2D eigenvalue weighted by Gasteiger charge is -2.18. The van der Waals surface area contributed by atoms with Gasteiger partial charge in [0.2, 0.25) is 10.0 Å².